The van der Waals surface area contributed by atoms with Crippen LogP contribution < -0.4 is 4.74 Å². The van der Waals surface area contributed by atoms with Gasteiger partial charge in [0.25, 0.3) is 0 Å². The highest BCUT2D eigenvalue weighted by atomic mass is 19.2. The summed E-state index contributed by atoms with van der Waals surface area (Å²) in [5.41, 5.74) is 1.00. The molecule has 152 valence electrons. The minimum Gasteiger partial charge on any atom is -0.490 e. The van der Waals surface area contributed by atoms with Gasteiger partial charge in [-0.1, -0.05) is 0 Å². The molecule has 2 aliphatic rings. The summed E-state index contributed by atoms with van der Waals surface area (Å²) in [7, 11) is 1.79. The molecule has 5 rings (SSSR count). The van der Waals surface area contributed by atoms with Crippen LogP contribution in [0.5, 0.6) is 5.75 Å². The van der Waals surface area contributed by atoms with Crippen LogP contribution in [0.4, 0.5) is 17.6 Å². The number of aryl methyl sites for hydroxylation is 1. The average Bonchev–Trinajstić information content (AvgIpc) is 3.00. The summed E-state index contributed by atoms with van der Waals surface area (Å²) in [6.07, 6.45) is 0. The second-order valence-electron chi connectivity index (χ2n) is 7.91. The smallest absolute Gasteiger partial charge is 0.165 e. The lowest BCUT2D eigenvalue weighted by Gasteiger charge is -2.19. The molecule has 0 spiro atoms. The molecule has 0 bridgehead atoms. The van der Waals surface area contributed by atoms with Crippen molar-refractivity contribution in [2.24, 2.45) is 24.8 Å². The van der Waals surface area contributed by atoms with Crippen molar-refractivity contribution in [2.45, 2.75) is 6.54 Å². The molecular weight excluding hydrogens is 386 g/mol. The van der Waals surface area contributed by atoms with Gasteiger partial charge in [-0.2, -0.15) is 0 Å². The summed E-state index contributed by atoms with van der Waals surface area (Å²) in [5, 5.41) is 0. The number of fused-ring (bicyclic) bond motifs is 2. The second kappa shape index (κ2) is 6.73. The predicted molar refractivity (Wildman–Crippen MR) is 98.2 cm³/mol. The van der Waals surface area contributed by atoms with Crippen molar-refractivity contribution < 1.29 is 22.3 Å². The number of benzene rings is 2. The molecule has 0 N–H and O–H groups in total. The molecule has 1 saturated heterocycles. The predicted octanol–water partition coefficient (Wildman–Crippen LogP) is 3.89. The zero-order chi connectivity index (χ0) is 20.3. The number of imidazole rings is 1. The molecule has 1 aliphatic heterocycles. The van der Waals surface area contributed by atoms with Crippen molar-refractivity contribution in [1.82, 2.24) is 14.5 Å². The van der Waals surface area contributed by atoms with E-state index in [9.17, 15) is 17.6 Å². The zero-order valence-corrected chi connectivity index (χ0v) is 15.7. The van der Waals surface area contributed by atoms with E-state index in [4.69, 9.17) is 4.74 Å². The summed E-state index contributed by atoms with van der Waals surface area (Å²) >= 11 is 0. The third-order valence-electron chi connectivity index (χ3n) is 6.15. The average molecular weight is 405 g/mol. The van der Waals surface area contributed by atoms with Crippen LogP contribution in [0.2, 0.25) is 0 Å². The number of aromatic nitrogens is 2. The summed E-state index contributed by atoms with van der Waals surface area (Å²) in [4.78, 5) is 6.70. The molecule has 2 fully saturated rings. The Balaban J connectivity index is 1.19. The number of likely N-dealkylation sites (tertiary alicyclic amines) is 1. The van der Waals surface area contributed by atoms with E-state index in [-0.39, 0.29) is 5.75 Å². The number of rotatable bonds is 5. The summed E-state index contributed by atoms with van der Waals surface area (Å²) in [6.45, 7) is 2.68. The molecule has 8 heteroatoms. The molecule has 2 aromatic carbocycles. The molecule has 2 unspecified atom stereocenters. The first kappa shape index (κ1) is 18.4. The Labute approximate surface area is 164 Å². The minimum atomic E-state index is -0.901. The van der Waals surface area contributed by atoms with Crippen LogP contribution in [-0.4, -0.2) is 34.1 Å². The van der Waals surface area contributed by atoms with Gasteiger partial charge in [-0.15, -0.1) is 0 Å². The van der Waals surface area contributed by atoms with Gasteiger partial charge in [0.05, 0.1) is 24.2 Å². The van der Waals surface area contributed by atoms with Gasteiger partial charge in [-0.3, -0.25) is 4.90 Å². The number of hydrogen-bond acceptors (Lipinski definition) is 3. The standard InChI is InChI=1S/C21H19F4N3O/c1-27-19-6-17(25)16(24)5-18(19)26-21(27)9-28-7-12-13(8-28)14(12)10-29-20-4-11(22)2-3-15(20)23/h2-6,12-14H,7-10H2,1H3. The molecule has 0 amide bonds. The molecular formula is C21H19F4N3O. The maximum Gasteiger partial charge on any atom is 0.165 e. The van der Waals surface area contributed by atoms with Crippen molar-refractivity contribution in [1.29, 1.82) is 0 Å². The zero-order valence-electron chi connectivity index (χ0n) is 15.7. The van der Waals surface area contributed by atoms with Gasteiger partial charge >= 0.3 is 0 Å². The Kier molecular flexibility index (Phi) is 4.27. The Morgan fingerprint density at radius 2 is 1.72 bits per heavy atom. The van der Waals surface area contributed by atoms with Gasteiger partial charge in [-0.05, 0) is 24.0 Å². The van der Waals surface area contributed by atoms with E-state index in [0.717, 1.165) is 43.2 Å². The Morgan fingerprint density at radius 3 is 2.48 bits per heavy atom. The third kappa shape index (κ3) is 3.25. The fourth-order valence-corrected chi connectivity index (χ4v) is 4.47. The molecule has 1 saturated carbocycles. The van der Waals surface area contributed by atoms with Crippen molar-refractivity contribution in [3.05, 3.63) is 59.4 Å². The van der Waals surface area contributed by atoms with Crippen LogP contribution in [0.15, 0.2) is 30.3 Å². The van der Waals surface area contributed by atoms with E-state index in [1.54, 1.807) is 11.6 Å². The maximum atomic E-state index is 13.7. The van der Waals surface area contributed by atoms with Crippen molar-refractivity contribution in [3.8, 4) is 5.75 Å². The van der Waals surface area contributed by atoms with Crippen molar-refractivity contribution in [2.75, 3.05) is 19.7 Å². The largest absolute Gasteiger partial charge is 0.490 e. The highest BCUT2D eigenvalue weighted by molar-refractivity contribution is 5.76. The molecule has 29 heavy (non-hydrogen) atoms. The van der Waals surface area contributed by atoms with Gasteiger partial charge in [-0.25, -0.2) is 22.5 Å². The lowest BCUT2D eigenvalue weighted by Crippen LogP contribution is -2.26. The fourth-order valence-electron chi connectivity index (χ4n) is 4.47. The first-order chi connectivity index (χ1) is 13.9. The van der Waals surface area contributed by atoms with Gasteiger partial charge in [0.15, 0.2) is 23.2 Å². The first-order valence-corrected chi connectivity index (χ1v) is 9.51. The lowest BCUT2D eigenvalue weighted by atomic mass is 10.2. The van der Waals surface area contributed by atoms with Crippen LogP contribution in [0.1, 0.15) is 5.82 Å². The van der Waals surface area contributed by atoms with Crippen LogP contribution in [-0.2, 0) is 13.6 Å². The first-order valence-electron chi connectivity index (χ1n) is 9.51. The van der Waals surface area contributed by atoms with Gasteiger partial charge in [0, 0.05) is 44.3 Å². The number of piperidine rings is 1. The van der Waals surface area contributed by atoms with Crippen LogP contribution in [0.25, 0.3) is 11.0 Å². The number of ether oxygens (including phenoxy) is 1. The molecule has 0 radical (unpaired) electrons. The topological polar surface area (TPSA) is 30.3 Å². The molecule has 2 atom stereocenters. The van der Waals surface area contributed by atoms with E-state index in [0.29, 0.717) is 41.9 Å². The lowest BCUT2D eigenvalue weighted by molar-refractivity contribution is 0.221. The summed E-state index contributed by atoms with van der Waals surface area (Å²) < 4.78 is 61.1. The van der Waals surface area contributed by atoms with E-state index in [1.807, 2.05) is 0 Å². The van der Waals surface area contributed by atoms with Gasteiger partial charge in [0.2, 0.25) is 0 Å². The quantitative estimate of drug-likeness (QED) is 0.604. The molecule has 1 aromatic heterocycles. The van der Waals surface area contributed by atoms with Gasteiger partial charge in [0.1, 0.15) is 11.6 Å². The second-order valence-corrected chi connectivity index (χ2v) is 7.91. The van der Waals surface area contributed by atoms with Crippen molar-refractivity contribution >= 4 is 11.0 Å². The van der Waals surface area contributed by atoms with Crippen LogP contribution >= 0.6 is 0 Å². The van der Waals surface area contributed by atoms with E-state index in [2.05, 4.69) is 9.88 Å². The summed E-state index contributed by atoms with van der Waals surface area (Å²) in [6, 6.07) is 5.48. The molecule has 3 aromatic rings. The maximum absolute atomic E-state index is 13.7. The molecule has 2 heterocycles. The van der Waals surface area contributed by atoms with E-state index < -0.39 is 23.3 Å². The highest BCUT2D eigenvalue weighted by Crippen LogP contribution is 2.52. The molecule has 1 aliphatic carbocycles. The van der Waals surface area contributed by atoms with Gasteiger partial charge < -0.3 is 9.30 Å². The Bertz CT molecular complexity index is 1090. The Hall–Kier alpha value is -2.61. The van der Waals surface area contributed by atoms with Crippen molar-refractivity contribution in [3.63, 3.8) is 0 Å². The highest BCUT2D eigenvalue weighted by Gasteiger charge is 2.55. The number of halogens is 4. The normalized spacial score (nSPS) is 23.6. The number of hydrogen-bond donors (Lipinski definition) is 0. The third-order valence-corrected chi connectivity index (χ3v) is 6.15. The van der Waals surface area contributed by atoms with E-state index >= 15 is 0 Å². The fraction of sp³-hybridized carbons (Fsp3) is 0.381. The molecule has 4 nitrogen and oxygen atoms in total. The Morgan fingerprint density at radius 1 is 1.00 bits per heavy atom. The SMILES string of the molecule is Cn1c(CN2CC3C(COc4cc(F)ccc4F)C3C2)nc2cc(F)c(F)cc21. The van der Waals surface area contributed by atoms with E-state index in [1.165, 1.54) is 6.07 Å². The van der Waals surface area contributed by atoms with Crippen LogP contribution in [0, 0.1) is 41.0 Å². The monoisotopic (exact) mass is 405 g/mol. The minimum absolute atomic E-state index is 0.0500. The number of nitrogens with zero attached hydrogens (tertiary/aromatic N) is 3. The van der Waals surface area contributed by atoms with Crippen LogP contribution in [0.3, 0.4) is 0 Å². The summed E-state index contributed by atoms with van der Waals surface area (Å²) in [5.74, 6) is -0.926.